The van der Waals surface area contributed by atoms with Crippen molar-refractivity contribution < 1.29 is 9.59 Å². The molecule has 2 heterocycles. The Bertz CT molecular complexity index is 1080. The van der Waals surface area contributed by atoms with E-state index < -0.39 is 0 Å². The summed E-state index contributed by atoms with van der Waals surface area (Å²) in [4.78, 5) is 31.5. The number of anilines is 2. The van der Waals surface area contributed by atoms with Gasteiger partial charge in [-0.25, -0.2) is 0 Å². The summed E-state index contributed by atoms with van der Waals surface area (Å²) in [5.41, 5.74) is 6.05. The minimum absolute atomic E-state index is 0.0725. The Kier molecular flexibility index (Phi) is 5.12. The molecule has 0 radical (unpaired) electrons. The molecule has 146 valence electrons. The second-order valence-electron chi connectivity index (χ2n) is 7.40. The number of nitrogens with zero attached hydrogens (tertiary/aromatic N) is 2. The molecule has 1 N–H and O–H groups in total. The summed E-state index contributed by atoms with van der Waals surface area (Å²) >= 11 is 0. The van der Waals surface area contributed by atoms with Crippen LogP contribution < -0.4 is 10.2 Å². The number of amides is 2. The predicted molar refractivity (Wildman–Crippen MR) is 115 cm³/mol. The minimum Gasteiger partial charge on any atom is -0.322 e. The van der Waals surface area contributed by atoms with Gasteiger partial charge in [-0.2, -0.15) is 0 Å². The van der Waals surface area contributed by atoms with E-state index in [1.165, 1.54) is 0 Å². The van der Waals surface area contributed by atoms with Crippen LogP contribution in [0.25, 0.3) is 0 Å². The van der Waals surface area contributed by atoms with E-state index in [0.717, 1.165) is 35.2 Å². The van der Waals surface area contributed by atoms with Crippen molar-refractivity contribution in [2.75, 3.05) is 16.8 Å². The smallest absolute Gasteiger partial charge is 0.259 e. The number of hydrogen-bond donors (Lipinski definition) is 1. The van der Waals surface area contributed by atoms with E-state index in [1.54, 1.807) is 29.4 Å². The summed E-state index contributed by atoms with van der Waals surface area (Å²) in [6.07, 6.45) is 5.06. The van der Waals surface area contributed by atoms with E-state index in [9.17, 15) is 9.59 Å². The van der Waals surface area contributed by atoms with Gasteiger partial charge < -0.3 is 10.2 Å². The fourth-order valence-electron chi connectivity index (χ4n) is 3.59. The van der Waals surface area contributed by atoms with Crippen LogP contribution in [0.2, 0.25) is 0 Å². The summed E-state index contributed by atoms with van der Waals surface area (Å²) in [6, 6.07) is 15.0. The molecule has 5 heteroatoms. The van der Waals surface area contributed by atoms with E-state index in [2.05, 4.69) is 10.3 Å². The normalized spacial score (nSPS) is 13.0. The van der Waals surface area contributed by atoms with Crippen LogP contribution in [-0.4, -0.2) is 23.3 Å². The number of carbonyl (C=O) groups excluding carboxylic acids is 2. The van der Waals surface area contributed by atoms with E-state index >= 15 is 0 Å². The van der Waals surface area contributed by atoms with Gasteiger partial charge in [0, 0.05) is 35.9 Å². The maximum Gasteiger partial charge on any atom is 0.259 e. The Hall–Kier alpha value is -3.47. The minimum atomic E-state index is -0.158. The quantitative estimate of drug-likeness (QED) is 0.720. The summed E-state index contributed by atoms with van der Waals surface area (Å²) in [5, 5.41) is 2.97. The summed E-state index contributed by atoms with van der Waals surface area (Å²) in [7, 11) is 0. The lowest BCUT2D eigenvalue weighted by atomic mass is 10.00. The molecule has 5 nitrogen and oxygen atoms in total. The monoisotopic (exact) mass is 385 g/mol. The van der Waals surface area contributed by atoms with Gasteiger partial charge >= 0.3 is 0 Å². The molecule has 4 rings (SSSR count). The van der Waals surface area contributed by atoms with Crippen LogP contribution in [0.4, 0.5) is 11.4 Å². The number of pyridine rings is 1. The number of carbonyl (C=O) groups is 2. The van der Waals surface area contributed by atoms with Gasteiger partial charge in [0.25, 0.3) is 11.8 Å². The van der Waals surface area contributed by atoms with E-state index in [-0.39, 0.29) is 11.8 Å². The summed E-state index contributed by atoms with van der Waals surface area (Å²) < 4.78 is 0. The molecular weight excluding hydrogens is 362 g/mol. The van der Waals surface area contributed by atoms with Gasteiger partial charge in [-0.3, -0.25) is 14.6 Å². The lowest BCUT2D eigenvalue weighted by Gasteiger charge is -2.30. The molecule has 3 aromatic rings. The lowest BCUT2D eigenvalue weighted by Crippen LogP contribution is -2.35. The first-order valence-corrected chi connectivity index (χ1v) is 9.76. The number of aromatic nitrogens is 1. The van der Waals surface area contributed by atoms with Gasteiger partial charge in [0.1, 0.15) is 0 Å². The van der Waals surface area contributed by atoms with Crippen LogP contribution in [0.1, 0.15) is 43.8 Å². The van der Waals surface area contributed by atoms with E-state index in [0.29, 0.717) is 23.4 Å². The molecule has 2 aromatic carbocycles. The van der Waals surface area contributed by atoms with Gasteiger partial charge in [0.2, 0.25) is 0 Å². The van der Waals surface area contributed by atoms with Crippen molar-refractivity contribution in [3.8, 4) is 0 Å². The molecule has 2 amide bonds. The maximum absolute atomic E-state index is 13.0. The molecule has 0 unspecified atom stereocenters. The molecule has 1 aliphatic rings. The molecule has 0 saturated heterocycles. The first kappa shape index (κ1) is 18.9. The first-order chi connectivity index (χ1) is 14.0. The lowest BCUT2D eigenvalue weighted by molar-refractivity contribution is 0.0983. The topological polar surface area (TPSA) is 62.3 Å². The van der Waals surface area contributed by atoms with Crippen molar-refractivity contribution in [1.29, 1.82) is 0 Å². The molecular formula is C24H23N3O2. The fourth-order valence-corrected chi connectivity index (χ4v) is 3.59. The highest BCUT2D eigenvalue weighted by Crippen LogP contribution is 2.31. The van der Waals surface area contributed by atoms with Crippen LogP contribution in [-0.2, 0) is 6.42 Å². The predicted octanol–water partition coefficient (Wildman–Crippen LogP) is 4.54. The molecule has 29 heavy (non-hydrogen) atoms. The summed E-state index contributed by atoms with van der Waals surface area (Å²) in [6.45, 7) is 4.66. The SMILES string of the molecule is Cc1ccc(C(=O)Nc2ccc3c(c2)N(C(=O)c2cccnc2)CCC3)cc1C. The number of nitrogens with one attached hydrogen (secondary N) is 1. The number of aryl methyl sites for hydroxylation is 3. The van der Waals surface area contributed by atoms with Crippen molar-refractivity contribution in [1.82, 2.24) is 4.98 Å². The molecule has 0 saturated carbocycles. The first-order valence-electron chi connectivity index (χ1n) is 9.76. The fraction of sp³-hybridized carbons (Fsp3) is 0.208. The molecule has 0 spiro atoms. The molecule has 0 bridgehead atoms. The average molecular weight is 385 g/mol. The third kappa shape index (κ3) is 3.90. The van der Waals surface area contributed by atoms with Gasteiger partial charge in [-0.1, -0.05) is 12.1 Å². The Morgan fingerprint density at radius 2 is 1.86 bits per heavy atom. The molecule has 1 aromatic heterocycles. The van der Waals surface area contributed by atoms with Crippen LogP contribution in [0.15, 0.2) is 60.9 Å². The highest BCUT2D eigenvalue weighted by atomic mass is 16.2. The van der Waals surface area contributed by atoms with Crippen molar-refractivity contribution >= 4 is 23.2 Å². The zero-order valence-corrected chi connectivity index (χ0v) is 16.6. The van der Waals surface area contributed by atoms with Crippen molar-refractivity contribution in [3.63, 3.8) is 0 Å². The van der Waals surface area contributed by atoms with Gasteiger partial charge in [0.15, 0.2) is 0 Å². The van der Waals surface area contributed by atoms with Gasteiger partial charge in [-0.15, -0.1) is 0 Å². The van der Waals surface area contributed by atoms with Crippen molar-refractivity contribution in [2.24, 2.45) is 0 Å². The van der Waals surface area contributed by atoms with Crippen LogP contribution in [0, 0.1) is 13.8 Å². The Labute approximate surface area is 170 Å². The molecule has 0 atom stereocenters. The maximum atomic E-state index is 13.0. The van der Waals surface area contributed by atoms with Gasteiger partial charge in [-0.05, 0) is 79.8 Å². The second kappa shape index (κ2) is 7.87. The number of benzene rings is 2. The number of hydrogen-bond acceptors (Lipinski definition) is 3. The third-order valence-electron chi connectivity index (χ3n) is 5.38. The van der Waals surface area contributed by atoms with Crippen LogP contribution in [0.5, 0.6) is 0 Å². The number of rotatable bonds is 3. The van der Waals surface area contributed by atoms with Gasteiger partial charge in [0.05, 0.1) is 5.56 Å². The average Bonchev–Trinajstić information content (AvgIpc) is 2.75. The van der Waals surface area contributed by atoms with Crippen LogP contribution >= 0.6 is 0 Å². The van der Waals surface area contributed by atoms with E-state index in [4.69, 9.17) is 0 Å². The molecule has 1 aliphatic heterocycles. The Balaban J connectivity index is 1.60. The largest absolute Gasteiger partial charge is 0.322 e. The molecule has 0 aliphatic carbocycles. The highest BCUT2D eigenvalue weighted by molar-refractivity contribution is 6.08. The van der Waals surface area contributed by atoms with Crippen molar-refractivity contribution in [2.45, 2.75) is 26.7 Å². The second-order valence-corrected chi connectivity index (χ2v) is 7.40. The Morgan fingerprint density at radius 1 is 1.00 bits per heavy atom. The van der Waals surface area contributed by atoms with E-state index in [1.807, 2.05) is 50.2 Å². The third-order valence-corrected chi connectivity index (χ3v) is 5.38. The zero-order chi connectivity index (χ0) is 20.4. The molecule has 0 fully saturated rings. The highest BCUT2D eigenvalue weighted by Gasteiger charge is 2.24. The summed E-state index contributed by atoms with van der Waals surface area (Å²) in [5.74, 6) is -0.231. The van der Waals surface area contributed by atoms with Crippen LogP contribution in [0.3, 0.4) is 0 Å². The van der Waals surface area contributed by atoms with Crippen molar-refractivity contribution in [3.05, 3.63) is 88.7 Å². The Morgan fingerprint density at radius 3 is 2.62 bits per heavy atom. The standard InChI is InChI=1S/C24H23N3O2/c1-16-7-8-19(13-17(16)2)23(28)26-21-10-9-18-6-4-12-27(22(18)14-21)24(29)20-5-3-11-25-15-20/h3,5,7-11,13-15H,4,6,12H2,1-2H3,(H,26,28). The number of fused-ring (bicyclic) bond motifs is 1. The zero-order valence-electron chi connectivity index (χ0n) is 16.6.